The number of methoxy groups -OCH3 is 1. The summed E-state index contributed by atoms with van der Waals surface area (Å²) in [5.74, 6) is -2.20. The second kappa shape index (κ2) is 7.53. The monoisotopic (exact) mass is 332 g/mol. The quantitative estimate of drug-likeness (QED) is 0.881. The Labute approximate surface area is 137 Å². The first kappa shape index (κ1) is 17.4. The van der Waals surface area contributed by atoms with Gasteiger partial charge in [0.05, 0.1) is 13.2 Å². The molecule has 24 heavy (non-hydrogen) atoms. The van der Waals surface area contributed by atoms with E-state index in [0.29, 0.717) is 11.8 Å². The van der Waals surface area contributed by atoms with Crippen LogP contribution in [-0.4, -0.2) is 18.1 Å². The molecule has 0 heterocycles. The number of benzene rings is 2. The first-order chi connectivity index (χ1) is 11.5. The summed E-state index contributed by atoms with van der Waals surface area (Å²) in [5.41, 5.74) is 0.0632. The fourth-order valence-electron chi connectivity index (χ4n) is 2.10. The van der Waals surface area contributed by atoms with Crippen molar-refractivity contribution in [2.24, 2.45) is 0 Å². The molecule has 124 valence electrons. The van der Waals surface area contributed by atoms with Gasteiger partial charge >= 0.3 is 0 Å². The lowest BCUT2D eigenvalue weighted by atomic mass is 10.0. The van der Waals surface area contributed by atoms with Gasteiger partial charge in [0.25, 0.3) is 5.91 Å². The average molecular weight is 332 g/mol. The Bertz CT molecular complexity index is 790. The average Bonchev–Trinajstić information content (AvgIpc) is 2.59. The van der Waals surface area contributed by atoms with Gasteiger partial charge in [0, 0.05) is 11.6 Å². The summed E-state index contributed by atoms with van der Waals surface area (Å²) >= 11 is 0. The number of rotatable bonds is 5. The number of nitrogens with zero attached hydrogens (tertiary/aromatic N) is 1. The fourth-order valence-corrected chi connectivity index (χ4v) is 2.10. The lowest BCUT2D eigenvalue weighted by Gasteiger charge is -2.16. The largest absolute Gasteiger partial charge is 0.497 e. The molecule has 0 saturated carbocycles. The minimum absolute atomic E-state index is 0.190. The summed E-state index contributed by atoms with van der Waals surface area (Å²) in [5, 5.41) is 21.4. The maximum absolute atomic E-state index is 13.7. The van der Waals surface area contributed by atoms with E-state index in [1.165, 1.54) is 19.2 Å². The predicted molar refractivity (Wildman–Crippen MR) is 80.8 cm³/mol. The first-order valence-electron chi connectivity index (χ1n) is 6.93. The molecule has 2 atom stereocenters. The van der Waals surface area contributed by atoms with Gasteiger partial charge in [0.15, 0.2) is 6.10 Å². The fraction of sp³-hybridized carbons (Fsp3) is 0.176. The number of aliphatic hydroxyl groups excluding tert-OH is 1. The van der Waals surface area contributed by atoms with Gasteiger partial charge in [0.1, 0.15) is 23.4 Å². The van der Waals surface area contributed by atoms with Gasteiger partial charge < -0.3 is 15.2 Å². The summed E-state index contributed by atoms with van der Waals surface area (Å²) in [6.07, 6.45) is -1.57. The molecule has 0 unspecified atom stereocenters. The van der Waals surface area contributed by atoms with E-state index in [2.05, 4.69) is 5.32 Å². The van der Waals surface area contributed by atoms with Gasteiger partial charge in [-0.15, -0.1) is 0 Å². The highest BCUT2D eigenvalue weighted by Crippen LogP contribution is 2.22. The third-order valence-electron chi connectivity index (χ3n) is 3.35. The van der Waals surface area contributed by atoms with E-state index >= 15 is 0 Å². The summed E-state index contributed by atoms with van der Waals surface area (Å²) in [7, 11) is 1.44. The molecule has 2 N–H and O–H groups in total. The van der Waals surface area contributed by atoms with E-state index in [4.69, 9.17) is 10.00 Å². The number of carbonyl (C=O) groups is 1. The molecule has 0 radical (unpaired) electrons. The lowest BCUT2D eigenvalue weighted by Crippen LogP contribution is -2.32. The van der Waals surface area contributed by atoms with Crippen molar-refractivity contribution in [3.8, 4) is 11.8 Å². The van der Waals surface area contributed by atoms with E-state index in [9.17, 15) is 18.7 Å². The zero-order valence-corrected chi connectivity index (χ0v) is 12.7. The van der Waals surface area contributed by atoms with Crippen LogP contribution in [0.25, 0.3) is 0 Å². The highest BCUT2D eigenvalue weighted by atomic mass is 19.1. The number of aliphatic hydroxyl groups is 1. The zero-order chi connectivity index (χ0) is 17.7. The molecule has 0 aliphatic carbocycles. The van der Waals surface area contributed by atoms with Crippen LogP contribution in [0.1, 0.15) is 23.3 Å². The van der Waals surface area contributed by atoms with Crippen molar-refractivity contribution >= 4 is 5.91 Å². The van der Waals surface area contributed by atoms with Crippen LogP contribution >= 0.6 is 0 Å². The van der Waals surface area contributed by atoms with Crippen molar-refractivity contribution in [1.82, 2.24) is 5.32 Å². The van der Waals surface area contributed by atoms with Gasteiger partial charge in [-0.1, -0.05) is 18.2 Å². The van der Waals surface area contributed by atoms with Gasteiger partial charge in [-0.2, -0.15) is 5.26 Å². The number of nitrogens with one attached hydrogen (secondary N) is 1. The Hall–Kier alpha value is -2.98. The lowest BCUT2D eigenvalue weighted by molar-refractivity contribution is -0.130. The highest BCUT2D eigenvalue weighted by Gasteiger charge is 2.24. The van der Waals surface area contributed by atoms with Crippen molar-refractivity contribution in [3.63, 3.8) is 0 Å². The number of amides is 1. The maximum atomic E-state index is 13.7. The Morgan fingerprint density at radius 1 is 1.29 bits per heavy atom. The molecule has 0 aromatic heterocycles. The number of halogens is 2. The Morgan fingerprint density at radius 3 is 2.67 bits per heavy atom. The third kappa shape index (κ3) is 3.86. The van der Waals surface area contributed by atoms with Gasteiger partial charge in [-0.05, 0) is 23.8 Å². The van der Waals surface area contributed by atoms with Crippen molar-refractivity contribution in [2.75, 3.05) is 7.11 Å². The summed E-state index contributed by atoms with van der Waals surface area (Å²) in [6, 6.07) is 9.20. The second-order valence-electron chi connectivity index (χ2n) is 4.92. The van der Waals surface area contributed by atoms with Crippen LogP contribution in [0.3, 0.4) is 0 Å². The van der Waals surface area contributed by atoms with E-state index in [1.54, 1.807) is 18.2 Å². The number of hydrogen-bond donors (Lipinski definition) is 2. The van der Waals surface area contributed by atoms with E-state index in [-0.39, 0.29) is 11.1 Å². The summed E-state index contributed by atoms with van der Waals surface area (Å²) < 4.78 is 31.7. The van der Waals surface area contributed by atoms with E-state index in [0.717, 1.165) is 12.1 Å². The van der Waals surface area contributed by atoms with Crippen molar-refractivity contribution < 1.29 is 23.4 Å². The summed E-state index contributed by atoms with van der Waals surface area (Å²) in [4.78, 5) is 12.1. The second-order valence-corrected chi connectivity index (χ2v) is 4.92. The van der Waals surface area contributed by atoms with Crippen LogP contribution in [0, 0.1) is 23.0 Å². The molecule has 5 nitrogen and oxygen atoms in total. The molecule has 0 fully saturated rings. The van der Waals surface area contributed by atoms with Crippen LogP contribution in [-0.2, 0) is 4.79 Å². The smallest absolute Gasteiger partial charge is 0.254 e. The molecule has 1 amide bonds. The van der Waals surface area contributed by atoms with Crippen LogP contribution in [0.2, 0.25) is 0 Å². The Kier molecular flexibility index (Phi) is 5.45. The molecule has 0 spiro atoms. The van der Waals surface area contributed by atoms with Crippen molar-refractivity contribution in [1.29, 1.82) is 5.26 Å². The number of nitriles is 1. The predicted octanol–water partition coefficient (Wildman–Crippen LogP) is 2.39. The van der Waals surface area contributed by atoms with Gasteiger partial charge in [0.2, 0.25) is 0 Å². The van der Waals surface area contributed by atoms with Gasteiger partial charge in [-0.3, -0.25) is 4.79 Å². The molecular formula is C17H14F2N2O3. The molecule has 2 aromatic rings. The number of hydrogen-bond acceptors (Lipinski definition) is 4. The first-order valence-corrected chi connectivity index (χ1v) is 6.93. The van der Waals surface area contributed by atoms with Crippen molar-refractivity contribution in [3.05, 3.63) is 65.2 Å². The molecule has 2 aromatic carbocycles. The van der Waals surface area contributed by atoms with Gasteiger partial charge in [-0.25, -0.2) is 8.78 Å². The van der Waals surface area contributed by atoms with E-state index < -0.39 is 29.7 Å². The third-order valence-corrected chi connectivity index (χ3v) is 3.35. The molecule has 7 heteroatoms. The van der Waals surface area contributed by atoms with Crippen LogP contribution in [0.4, 0.5) is 8.78 Å². The molecule has 0 aliphatic rings. The normalized spacial score (nSPS) is 12.8. The van der Waals surface area contributed by atoms with Crippen LogP contribution < -0.4 is 10.1 Å². The minimum atomic E-state index is -1.57. The Morgan fingerprint density at radius 2 is 2.04 bits per heavy atom. The molecule has 0 bridgehead atoms. The van der Waals surface area contributed by atoms with Crippen LogP contribution in [0.5, 0.6) is 5.75 Å². The molecule has 0 saturated heterocycles. The molecule has 0 aliphatic heterocycles. The topological polar surface area (TPSA) is 82.3 Å². The van der Waals surface area contributed by atoms with E-state index in [1.807, 2.05) is 0 Å². The number of ether oxygens (including phenoxy) is 1. The maximum Gasteiger partial charge on any atom is 0.254 e. The Balaban J connectivity index is 2.18. The number of carbonyl (C=O) groups excluding carboxylic acids is 1. The minimum Gasteiger partial charge on any atom is -0.497 e. The van der Waals surface area contributed by atoms with Crippen molar-refractivity contribution in [2.45, 2.75) is 12.1 Å². The SMILES string of the molecule is COc1cccc([C@H](O)C(=O)N[C@H](C#N)c2ccc(F)cc2F)c1. The molecule has 2 rings (SSSR count). The summed E-state index contributed by atoms with van der Waals surface area (Å²) in [6.45, 7) is 0. The zero-order valence-electron chi connectivity index (χ0n) is 12.7. The highest BCUT2D eigenvalue weighted by molar-refractivity contribution is 5.82. The standard InChI is InChI=1S/C17H14F2N2O3/c1-24-12-4-2-3-10(7-12)16(22)17(23)21-15(9-20)13-6-5-11(18)8-14(13)19/h2-8,15-16,22H,1H3,(H,21,23)/t15-,16+/m1/s1. The van der Waals surface area contributed by atoms with Crippen LogP contribution in [0.15, 0.2) is 42.5 Å². The molecular weight excluding hydrogens is 318 g/mol.